The number of rotatable bonds is 2. The number of oxime groups is 1. The SMILES string of the molecule is Cc1onc(C(F)(F)F)c1CS(=O)(=O)C1=NOC(C)(C)C1. The smallest absolute Gasteiger partial charge is 0.389 e. The lowest BCUT2D eigenvalue weighted by atomic mass is 10.1. The van der Waals surface area contributed by atoms with Crippen LogP contribution in [0, 0.1) is 6.92 Å². The summed E-state index contributed by atoms with van der Waals surface area (Å²) in [6.07, 6.45) is -4.78. The van der Waals surface area contributed by atoms with Crippen LogP contribution in [0.3, 0.4) is 0 Å². The van der Waals surface area contributed by atoms with Crippen molar-refractivity contribution in [3.05, 3.63) is 17.0 Å². The van der Waals surface area contributed by atoms with Gasteiger partial charge in [-0.15, -0.1) is 0 Å². The number of sulfone groups is 1. The molecule has 0 bridgehead atoms. The van der Waals surface area contributed by atoms with Crippen LogP contribution in [-0.4, -0.2) is 24.2 Å². The van der Waals surface area contributed by atoms with E-state index < -0.39 is 38.6 Å². The third-order valence-corrected chi connectivity index (χ3v) is 4.52. The third-order valence-electron chi connectivity index (χ3n) is 2.92. The Labute approximate surface area is 118 Å². The molecule has 0 aliphatic carbocycles. The molecular weight excluding hydrogens is 313 g/mol. The summed E-state index contributed by atoms with van der Waals surface area (Å²) in [5.74, 6) is -1.07. The second-order valence-corrected chi connectivity index (χ2v) is 7.32. The van der Waals surface area contributed by atoms with Crippen molar-refractivity contribution in [1.29, 1.82) is 0 Å². The van der Waals surface area contributed by atoms with Crippen molar-refractivity contribution in [3.8, 4) is 0 Å². The summed E-state index contributed by atoms with van der Waals surface area (Å²) in [5, 5.41) is 6.07. The lowest BCUT2D eigenvalue weighted by Crippen LogP contribution is -2.24. The van der Waals surface area contributed by atoms with Crippen LogP contribution in [0.1, 0.15) is 37.3 Å². The molecule has 0 amide bonds. The minimum absolute atomic E-state index is 0.00100. The normalized spacial score (nSPS) is 18.5. The number of alkyl halides is 3. The molecule has 0 saturated carbocycles. The van der Waals surface area contributed by atoms with Crippen molar-refractivity contribution in [1.82, 2.24) is 5.16 Å². The van der Waals surface area contributed by atoms with Gasteiger partial charge in [0.05, 0.1) is 5.75 Å². The number of aryl methyl sites for hydroxylation is 1. The number of nitrogens with zero attached hydrogens (tertiary/aromatic N) is 2. The van der Waals surface area contributed by atoms with E-state index in [1.807, 2.05) is 0 Å². The molecule has 0 radical (unpaired) electrons. The molecule has 0 N–H and O–H groups in total. The Morgan fingerprint density at radius 2 is 1.95 bits per heavy atom. The maximum absolute atomic E-state index is 12.8. The van der Waals surface area contributed by atoms with Gasteiger partial charge in [-0.1, -0.05) is 10.3 Å². The van der Waals surface area contributed by atoms with Crippen LogP contribution in [0.15, 0.2) is 9.68 Å². The lowest BCUT2D eigenvalue weighted by Gasteiger charge is -2.13. The Kier molecular flexibility index (Phi) is 3.55. The minimum Gasteiger partial charge on any atom is -0.389 e. The number of halogens is 3. The van der Waals surface area contributed by atoms with Gasteiger partial charge in [-0.25, -0.2) is 8.42 Å². The fourth-order valence-electron chi connectivity index (χ4n) is 1.83. The molecule has 1 aliphatic heterocycles. The van der Waals surface area contributed by atoms with Gasteiger partial charge < -0.3 is 9.36 Å². The zero-order valence-corrected chi connectivity index (χ0v) is 12.3. The molecule has 0 unspecified atom stereocenters. The van der Waals surface area contributed by atoms with Crippen molar-refractivity contribution in [3.63, 3.8) is 0 Å². The molecule has 1 aromatic rings. The van der Waals surface area contributed by atoms with Gasteiger partial charge in [-0.05, 0) is 20.8 Å². The second-order valence-electron chi connectivity index (χ2n) is 5.34. The molecule has 2 heterocycles. The highest BCUT2D eigenvalue weighted by Gasteiger charge is 2.42. The molecule has 0 fully saturated rings. The highest BCUT2D eigenvalue weighted by Crippen LogP contribution is 2.34. The Morgan fingerprint density at radius 1 is 1.33 bits per heavy atom. The van der Waals surface area contributed by atoms with Gasteiger partial charge in [0.25, 0.3) is 0 Å². The van der Waals surface area contributed by atoms with Crippen molar-refractivity contribution in [2.75, 3.05) is 0 Å². The molecule has 21 heavy (non-hydrogen) atoms. The van der Waals surface area contributed by atoms with Crippen LogP contribution in [0.25, 0.3) is 0 Å². The van der Waals surface area contributed by atoms with E-state index in [1.165, 1.54) is 6.92 Å². The van der Waals surface area contributed by atoms with Crippen molar-refractivity contribution >= 4 is 14.9 Å². The fourth-order valence-corrected chi connectivity index (χ4v) is 3.43. The summed E-state index contributed by atoms with van der Waals surface area (Å²) in [7, 11) is -4.03. The Balaban J connectivity index is 2.33. The molecule has 0 spiro atoms. The standard InChI is InChI=1S/C11H13F3N2O4S/c1-6-7(9(16-19-6)11(12,13)14)5-21(17,18)8-4-10(2,3)20-15-8/h4-5H2,1-3H3. The molecule has 0 aromatic carbocycles. The molecule has 10 heteroatoms. The molecular formula is C11H13F3N2O4S. The average molecular weight is 326 g/mol. The Morgan fingerprint density at radius 3 is 2.43 bits per heavy atom. The van der Waals surface area contributed by atoms with Crippen molar-refractivity contribution in [2.24, 2.45) is 5.16 Å². The van der Waals surface area contributed by atoms with Gasteiger partial charge in [-0.3, -0.25) is 0 Å². The van der Waals surface area contributed by atoms with Gasteiger partial charge in [0.1, 0.15) is 11.4 Å². The predicted octanol–water partition coefficient (Wildman–Crippen LogP) is 2.43. The summed E-state index contributed by atoms with van der Waals surface area (Å²) < 4.78 is 67.1. The fraction of sp³-hybridized carbons (Fsp3) is 0.636. The first kappa shape index (κ1) is 15.8. The van der Waals surface area contributed by atoms with Gasteiger partial charge >= 0.3 is 6.18 Å². The molecule has 1 aromatic heterocycles. The van der Waals surface area contributed by atoms with E-state index in [1.54, 1.807) is 13.8 Å². The van der Waals surface area contributed by atoms with Gasteiger partial charge in [0.2, 0.25) is 0 Å². The first-order chi connectivity index (χ1) is 9.42. The monoisotopic (exact) mass is 326 g/mol. The highest BCUT2D eigenvalue weighted by atomic mass is 32.2. The van der Waals surface area contributed by atoms with E-state index in [2.05, 4.69) is 14.8 Å². The lowest BCUT2D eigenvalue weighted by molar-refractivity contribution is -0.143. The topological polar surface area (TPSA) is 81.8 Å². The summed E-state index contributed by atoms with van der Waals surface area (Å²) >= 11 is 0. The number of hydrogen-bond donors (Lipinski definition) is 0. The van der Waals surface area contributed by atoms with Crippen molar-refractivity contribution in [2.45, 2.75) is 44.7 Å². The number of hydrogen-bond acceptors (Lipinski definition) is 6. The Hall–Kier alpha value is -1.58. The first-order valence-electron chi connectivity index (χ1n) is 5.92. The quantitative estimate of drug-likeness (QED) is 0.833. The van der Waals surface area contributed by atoms with Crippen LogP contribution < -0.4 is 0 Å². The molecule has 6 nitrogen and oxygen atoms in total. The summed E-state index contributed by atoms with van der Waals surface area (Å²) in [6.45, 7) is 4.49. The largest absolute Gasteiger partial charge is 0.437 e. The van der Waals surface area contributed by atoms with E-state index in [-0.39, 0.29) is 17.2 Å². The van der Waals surface area contributed by atoms with Crippen molar-refractivity contribution < 1.29 is 30.9 Å². The molecule has 2 rings (SSSR count). The summed E-state index contributed by atoms with van der Waals surface area (Å²) in [5.41, 5.74) is -2.63. The summed E-state index contributed by atoms with van der Waals surface area (Å²) in [4.78, 5) is 4.93. The van der Waals surface area contributed by atoms with Crippen LogP contribution >= 0.6 is 0 Å². The number of aromatic nitrogens is 1. The van der Waals surface area contributed by atoms with Crippen LogP contribution in [0.5, 0.6) is 0 Å². The summed E-state index contributed by atoms with van der Waals surface area (Å²) in [6, 6.07) is 0. The Bertz CT molecular complexity index is 689. The van der Waals surface area contributed by atoms with E-state index in [9.17, 15) is 21.6 Å². The molecule has 0 atom stereocenters. The van der Waals surface area contributed by atoms with E-state index in [0.29, 0.717) is 0 Å². The van der Waals surface area contributed by atoms with Crippen LogP contribution in [-0.2, 0) is 26.6 Å². The zero-order chi connectivity index (χ0) is 16.1. The van der Waals surface area contributed by atoms with Crippen LogP contribution in [0.2, 0.25) is 0 Å². The molecule has 118 valence electrons. The van der Waals surface area contributed by atoms with E-state index in [4.69, 9.17) is 4.84 Å². The van der Waals surface area contributed by atoms with E-state index in [0.717, 1.165) is 0 Å². The highest BCUT2D eigenvalue weighted by molar-refractivity contribution is 8.05. The third kappa shape index (κ3) is 3.20. The van der Waals surface area contributed by atoms with Gasteiger partial charge in [0, 0.05) is 12.0 Å². The van der Waals surface area contributed by atoms with Gasteiger partial charge in [-0.2, -0.15) is 13.2 Å². The van der Waals surface area contributed by atoms with E-state index >= 15 is 0 Å². The maximum atomic E-state index is 12.8. The minimum atomic E-state index is -4.78. The predicted molar refractivity (Wildman–Crippen MR) is 66.1 cm³/mol. The van der Waals surface area contributed by atoms with Crippen LogP contribution in [0.4, 0.5) is 13.2 Å². The molecule has 0 saturated heterocycles. The maximum Gasteiger partial charge on any atom is 0.437 e. The zero-order valence-electron chi connectivity index (χ0n) is 11.5. The average Bonchev–Trinajstić information content (AvgIpc) is 2.82. The second kappa shape index (κ2) is 4.72. The molecule has 1 aliphatic rings. The first-order valence-corrected chi connectivity index (χ1v) is 7.58. The van der Waals surface area contributed by atoms with Gasteiger partial charge in [0.15, 0.2) is 20.6 Å².